The van der Waals surface area contributed by atoms with E-state index in [1.807, 2.05) is 5.38 Å². The SMILES string of the molecule is Cn1cccc(C(=O)N[C@H]2C[C@H](C(=O)NCCc3cscn3)C[C@@H]2O)c1=O.O=CO. The fourth-order valence-corrected chi connectivity index (χ4v) is 3.81. The Morgan fingerprint density at radius 3 is 2.80 bits per heavy atom. The lowest BCUT2D eigenvalue weighted by Crippen LogP contribution is -2.42. The molecule has 0 aromatic carbocycles. The minimum atomic E-state index is -0.823. The van der Waals surface area contributed by atoms with Gasteiger partial charge in [0.2, 0.25) is 5.91 Å². The van der Waals surface area contributed by atoms with E-state index in [4.69, 9.17) is 9.90 Å². The summed E-state index contributed by atoms with van der Waals surface area (Å²) in [5, 5.41) is 24.6. The third-order valence-corrected chi connectivity index (χ3v) is 5.38. The molecular weight excluding hydrogens is 412 g/mol. The molecule has 1 aliphatic carbocycles. The summed E-state index contributed by atoms with van der Waals surface area (Å²) >= 11 is 1.51. The number of nitrogens with zero attached hydrogens (tertiary/aromatic N) is 2. The van der Waals surface area contributed by atoms with E-state index in [1.165, 1.54) is 22.0 Å². The van der Waals surface area contributed by atoms with Gasteiger partial charge in [-0.15, -0.1) is 11.3 Å². The van der Waals surface area contributed by atoms with Crippen LogP contribution in [-0.4, -0.2) is 56.7 Å². The standard InChI is InChI=1S/C18H22N4O4S.CH2O2/c1-22-6-2-3-13(18(22)26)17(25)21-14-7-11(8-15(14)23)16(24)19-5-4-12-9-27-10-20-12;2-1-3/h2-3,6,9-11,14-15,23H,4-5,7-8H2,1H3,(H,19,24)(H,21,25);1H,(H,2,3)/t11-,14-,15-;/m0./s1. The van der Waals surface area contributed by atoms with Crippen LogP contribution in [0, 0.1) is 5.92 Å². The van der Waals surface area contributed by atoms with Crippen molar-refractivity contribution in [3.63, 3.8) is 0 Å². The van der Waals surface area contributed by atoms with Crippen molar-refractivity contribution in [1.82, 2.24) is 20.2 Å². The molecule has 30 heavy (non-hydrogen) atoms. The van der Waals surface area contributed by atoms with E-state index in [0.29, 0.717) is 19.4 Å². The fraction of sp³-hybridized carbons (Fsp3) is 0.421. The van der Waals surface area contributed by atoms with Gasteiger partial charge in [0.25, 0.3) is 17.9 Å². The maximum atomic E-state index is 12.4. The summed E-state index contributed by atoms with van der Waals surface area (Å²) in [4.78, 5) is 49.2. The molecule has 0 aliphatic heterocycles. The number of carbonyl (C=O) groups excluding carboxylic acids is 2. The van der Waals surface area contributed by atoms with Crippen LogP contribution in [0.5, 0.6) is 0 Å². The highest BCUT2D eigenvalue weighted by Crippen LogP contribution is 2.26. The molecule has 2 aromatic rings. The molecule has 3 atom stereocenters. The van der Waals surface area contributed by atoms with Crippen molar-refractivity contribution in [1.29, 1.82) is 0 Å². The smallest absolute Gasteiger partial charge is 0.290 e. The van der Waals surface area contributed by atoms with Crippen LogP contribution in [0.25, 0.3) is 0 Å². The second-order valence-electron chi connectivity index (χ2n) is 6.78. The lowest BCUT2D eigenvalue weighted by Gasteiger charge is -2.16. The number of pyridine rings is 1. The largest absolute Gasteiger partial charge is 0.483 e. The number of thiazole rings is 1. The zero-order valence-electron chi connectivity index (χ0n) is 16.4. The van der Waals surface area contributed by atoms with Gasteiger partial charge in [-0.05, 0) is 25.0 Å². The van der Waals surface area contributed by atoms with Crippen molar-refractivity contribution in [2.75, 3.05) is 6.54 Å². The van der Waals surface area contributed by atoms with E-state index in [-0.39, 0.29) is 30.3 Å². The van der Waals surface area contributed by atoms with Crippen LogP contribution in [-0.2, 0) is 23.1 Å². The van der Waals surface area contributed by atoms with Gasteiger partial charge in [0.05, 0.1) is 23.4 Å². The molecule has 3 rings (SSSR count). The zero-order valence-corrected chi connectivity index (χ0v) is 17.2. The molecule has 1 aliphatic rings. The third kappa shape index (κ3) is 6.22. The normalized spacial score (nSPS) is 20.0. The molecule has 0 unspecified atom stereocenters. The first kappa shape index (κ1) is 23.2. The van der Waals surface area contributed by atoms with Crippen LogP contribution in [0.15, 0.2) is 34.0 Å². The van der Waals surface area contributed by atoms with Gasteiger partial charge in [-0.1, -0.05) is 0 Å². The Morgan fingerprint density at radius 1 is 1.40 bits per heavy atom. The predicted molar refractivity (Wildman–Crippen MR) is 109 cm³/mol. The van der Waals surface area contributed by atoms with Gasteiger partial charge in [0, 0.05) is 37.5 Å². The van der Waals surface area contributed by atoms with Crippen molar-refractivity contribution < 1.29 is 24.6 Å². The molecule has 2 heterocycles. The molecule has 1 saturated carbocycles. The Hall–Kier alpha value is -3.05. The number of aromatic nitrogens is 2. The summed E-state index contributed by atoms with van der Waals surface area (Å²) in [6.45, 7) is 0.228. The van der Waals surface area contributed by atoms with Gasteiger partial charge < -0.3 is 25.4 Å². The second kappa shape index (κ2) is 11.2. The Labute approximate surface area is 176 Å². The van der Waals surface area contributed by atoms with E-state index in [2.05, 4.69) is 15.6 Å². The molecule has 1 fully saturated rings. The van der Waals surface area contributed by atoms with Crippen LogP contribution in [0.1, 0.15) is 28.9 Å². The van der Waals surface area contributed by atoms with Gasteiger partial charge in [-0.3, -0.25) is 19.2 Å². The van der Waals surface area contributed by atoms with Crippen LogP contribution < -0.4 is 16.2 Å². The summed E-state index contributed by atoms with van der Waals surface area (Å²) in [7, 11) is 1.56. The number of carboxylic acid groups (broad SMARTS) is 1. The number of aliphatic hydroxyl groups excluding tert-OH is 1. The van der Waals surface area contributed by atoms with E-state index in [9.17, 15) is 19.5 Å². The molecule has 162 valence electrons. The first-order valence-electron chi connectivity index (χ1n) is 9.24. The monoisotopic (exact) mass is 436 g/mol. The van der Waals surface area contributed by atoms with Gasteiger partial charge in [0.15, 0.2) is 0 Å². The molecule has 0 spiro atoms. The zero-order chi connectivity index (χ0) is 22.1. The lowest BCUT2D eigenvalue weighted by atomic mass is 10.1. The Morgan fingerprint density at radius 2 is 2.13 bits per heavy atom. The third-order valence-electron chi connectivity index (χ3n) is 4.75. The summed E-state index contributed by atoms with van der Waals surface area (Å²) in [6.07, 6.45) is 2.01. The number of aliphatic hydroxyl groups is 1. The molecule has 2 amide bonds. The minimum absolute atomic E-state index is 0.0170. The van der Waals surface area contributed by atoms with Crippen molar-refractivity contribution >= 4 is 29.6 Å². The van der Waals surface area contributed by atoms with E-state index >= 15 is 0 Å². The first-order chi connectivity index (χ1) is 14.4. The lowest BCUT2D eigenvalue weighted by molar-refractivity contribution is -0.125. The Kier molecular flexibility index (Phi) is 8.69. The fourth-order valence-electron chi connectivity index (χ4n) is 3.22. The quantitative estimate of drug-likeness (QED) is 0.457. The predicted octanol–water partition coefficient (Wildman–Crippen LogP) is -0.229. The number of amides is 2. The maximum absolute atomic E-state index is 12.4. The van der Waals surface area contributed by atoms with Crippen molar-refractivity contribution in [3.05, 3.63) is 50.8 Å². The van der Waals surface area contributed by atoms with Crippen molar-refractivity contribution in [2.24, 2.45) is 13.0 Å². The molecule has 4 N–H and O–H groups in total. The number of aryl methyl sites for hydroxylation is 1. The number of hydrogen-bond donors (Lipinski definition) is 4. The molecule has 11 heteroatoms. The molecule has 0 radical (unpaired) electrons. The number of hydrogen-bond acceptors (Lipinski definition) is 7. The summed E-state index contributed by atoms with van der Waals surface area (Å²) in [5.41, 5.74) is 2.29. The van der Waals surface area contributed by atoms with E-state index < -0.39 is 23.6 Å². The van der Waals surface area contributed by atoms with Gasteiger partial charge in [0.1, 0.15) is 5.56 Å². The highest BCUT2D eigenvalue weighted by atomic mass is 32.1. The number of carbonyl (C=O) groups is 3. The maximum Gasteiger partial charge on any atom is 0.290 e. The van der Waals surface area contributed by atoms with Crippen molar-refractivity contribution in [2.45, 2.75) is 31.4 Å². The highest BCUT2D eigenvalue weighted by Gasteiger charge is 2.37. The average molecular weight is 436 g/mol. The van der Waals surface area contributed by atoms with Crippen LogP contribution in [0.2, 0.25) is 0 Å². The Bertz CT molecular complexity index is 914. The molecule has 10 nitrogen and oxygen atoms in total. The first-order valence-corrected chi connectivity index (χ1v) is 10.2. The number of rotatable bonds is 6. The van der Waals surface area contributed by atoms with Gasteiger partial charge in [-0.25, -0.2) is 4.98 Å². The van der Waals surface area contributed by atoms with Gasteiger partial charge >= 0.3 is 0 Å². The summed E-state index contributed by atoms with van der Waals surface area (Å²) in [6, 6.07) is 2.50. The van der Waals surface area contributed by atoms with Crippen LogP contribution >= 0.6 is 11.3 Å². The van der Waals surface area contributed by atoms with E-state index in [1.54, 1.807) is 24.8 Å². The number of nitrogens with one attached hydrogen (secondary N) is 2. The van der Waals surface area contributed by atoms with Gasteiger partial charge in [-0.2, -0.15) is 0 Å². The van der Waals surface area contributed by atoms with Crippen LogP contribution in [0.4, 0.5) is 0 Å². The topological polar surface area (TPSA) is 151 Å². The molecule has 0 saturated heterocycles. The summed E-state index contributed by atoms with van der Waals surface area (Å²) in [5.74, 6) is -1.05. The van der Waals surface area contributed by atoms with E-state index in [0.717, 1.165) is 5.69 Å². The summed E-state index contributed by atoms with van der Waals surface area (Å²) < 4.78 is 1.32. The molecule has 2 aromatic heterocycles. The molecular formula is C19H24N4O6S. The Balaban J connectivity index is 0.00000101. The molecule has 0 bridgehead atoms. The highest BCUT2D eigenvalue weighted by molar-refractivity contribution is 7.07. The average Bonchev–Trinajstić information content (AvgIpc) is 3.35. The minimum Gasteiger partial charge on any atom is -0.483 e. The van der Waals surface area contributed by atoms with Crippen molar-refractivity contribution in [3.8, 4) is 0 Å². The van der Waals surface area contributed by atoms with Crippen LogP contribution in [0.3, 0.4) is 0 Å². The second-order valence-corrected chi connectivity index (χ2v) is 7.50.